The van der Waals surface area contributed by atoms with E-state index in [0.717, 1.165) is 51.2 Å². The number of rotatable bonds is 7. The van der Waals surface area contributed by atoms with Crippen LogP contribution < -0.4 is 10.2 Å². The van der Waals surface area contributed by atoms with E-state index in [4.69, 9.17) is 5.10 Å². The van der Waals surface area contributed by atoms with Gasteiger partial charge in [0.1, 0.15) is 12.4 Å². The molecule has 6 nitrogen and oxygen atoms in total. The van der Waals surface area contributed by atoms with Crippen molar-refractivity contribution in [3.05, 3.63) is 101 Å². The van der Waals surface area contributed by atoms with Gasteiger partial charge in [0.15, 0.2) is 0 Å². The fraction of sp³-hybridized carbons (Fsp3) is 0.303. The number of fused-ring (bicyclic) bond motifs is 1. The molecule has 40 heavy (non-hydrogen) atoms. The Morgan fingerprint density at radius 3 is 2.52 bits per heavy atom. The molecule has 0 spiro atoms. The molecule has 1 aromatic heterocycles. The number of nitrogens with zero attached hydrogens (tertiary/aromatic N) is 3. The Bertz CT molecular complexity index is 1550. The van der Waals surface area contributed by atoms with Crippen molar-refractivity contribution in [3.63, 3.8) is 0 Å². The lowest BCUT2D eigenvalue weighted by Crippen LogP contribution is -2.44. The monoisotopic (exact) mass is 552 g/mol. The van der Waals surface area contributed by atoms with E-state index in [9.17, 15) is 9.59 Å². The van der Waals surface area contributed by atoms with Crippen molar-refractivity contribution in [1.82, 2.24) is 15.1 Å². The number of hydrogen-bond acceptors (Lipinski definition) is 4. The highest BCUT2D eigenvalue weighted by atomic mass is 32.2. The van der Waals surface area contributed by atoms with Gasteiger partial charge in [-0.05, 0) is 56.9 Å². The molecule has 2 amide bonds. The molecule has 4 aromatic rings. The Kier molecular flexibility index (Phi) is 8.12. The predicted octanol–water partition coefficient (Wildman–Crippen LogP) is 6.55. The second-order valence-corrected chi connectivity index (χ2v) is 11.6. The number of carbonyl (C=O) groups excluding carboxylic acids is 2. The maximum absolute atomic E-state index is 13.9. The lowest BCUT2D eigenvalue weighted by molar-refractivity contribution is -0.123. The summed E-state index contributed by atoms with van der Waals surface area (Å²) in [5.74, 6) is 0.632. The van der Waals surface area contributed by atoms with Gasteiger partial charge in [-0.15, -0.1) is 11.8 Å². The van der Waals surface area contributed by atoms with Crippen LogP contribution in [0.3, 0.4) is 0 Å². The first-order valence-corrected chi connectivity index (χ1v) is 14.9. The van der Waals surface area contributed by atoms with Gasteiger partial charge in [-0.2, -0.15) is 5.10 Å². The maximum Gasteiger partial charge on any atom is 0.240 e. The molecular weight excluding hydrogens is 516 g/mol. The third kappa shape index (κ3) is 5.43. The van der Waals surface area contributed by atoms with Crippen molar-refractivity contribution in [2.75, 3.05) is 17.2 Å². The molecule has 2 unspecified atom stereocenters. The summed E-state index contributed by atoms with van der Waals surface area (Å²) in [6.45, 7) is 10.2. The minimum absolute atomic E-state index is 0.0206. The van der Waals surface area contributed by atoms with Crippen LogP contribution in [0, 0.1) is 20.8 Å². The van der Waals surface area contributed by atoms with E-state index in [-0.39, 0.29) is 35.4 Å². The molecule has 5 rings (SSSR count). The van der Waals surface area contributed by atoms with Gasteiger partial charge in [0.25, 0.3) is 0 Å². The third-order valence-corrected chi connectivity index (χ3v) is 8.86. The van der Waals surface area contributed by atoms with Crippen molar-refractivity contribution in [1.29, 1.82) is 0 Å². The molecule has 2 atom stereocenters. The van der Waals surface area contributed by atoms with Crippen molar-refractivity contribution < 1.29 is 9.59 Å². The lowest BCUT2D eigenvalue weighted by atomic mass is 9.98. The molecule has 3 aromatic carbocycles. The summed E-state index contributed by atoms with van der Waals surface area (Å²) in [7, 11) is 0. The van der Waals surface area contributed by atoms with Crippen LogP contribution in [0.25, 0.3) is 16.9 Å². The molecule has 0 saturated carbocycles. The van der Waals surface area contributed by atoms with Crippen LogP contribution in [0.2, 0.25) is 0 Å². The molecule has 0 bridgehead atoms. The van der Waals surface area contributed by atoms with Crippen LogP contribution in [0.5, 0.6) is 0 Å². The van der Waals surface area contributed by atoms with E-state index in [1.54, 1.807) is 16.7 Å². The molecule has 206 valence electrons. The van der Waals surface area contributed by atoms with Gasteiger partial charge in [-0.1, -0.05) is 79.2 Å². The number of thioether (sulfide) groups is 1. The fourth-order valence-corrected chi connectivity index (χ4v) is 6.31. The van der Waals surface area contributed by atoms with Gasteiger partial charge in [0.05, 0.1) is 22.4 Å². The Morgan fingerprint density at radius 2 is 1.80 bits per heavy atom. The first-order valence-electron chi connectivity index (χ1n) is 13.8. The molecule has 0 saturated heterocycles. The van der Waals surface area contributed by atoms with Crippen LogP contribution in [0.4, 0.5) is 5.82 Å². The van der Waals surface area contributed by atoms with E-state index in [1.165, 1.54) is 0 Å². The van der Waals surface area contributed by atoms with Crippen molar-refractivity contribution in [2.45, 2.75) is 52.3 Å². The molecule has 0 aliphatic carbocycles. The van der Waals surface area contributed by atoms with Gasteiger partial charge in [0.2, 0.25) is 11.8 Å². The average molecular weight is 553 g/mol. The van der Waals surface area contributed by atoms with Crippen LogP contribution in [-0.4, -0.2) is 39.9 Å². The summed E-state index contributed by atoms with van der Waals surface area (Å²) in [5.41, 5.74) is 8.11. The van der Waals surface area contributed by atoms with Gasteiger partial charge in [-0.3, -0.25) is 14.5 Å². The maximum atomic E-state index is 13.9. The Labute approximate surface area is 240 Å². The molecular formula is C33H36N4O2S. The number of hydrogen-bond donors (Lipinski definition) is 1. The van der Waals surface area contributed by atoms with Crippen LogP contribution in [0.1, 0.15) is 53.3 Å². The Hall–Kier alpha value is -3.84. The number of amides is 2. The van der Waals surface area contributed by atoms with Crippen molar-refractivity contribution in [2.24, 2.45) is 0 Å². The van der Waals surface area contributed by atoms with Gasteiger partial charge >= 0.3 is 0 Å². The zero-order valence-corrected chi connectivity index (χ0v) is 24.6. The zero-order valence-electron chi connectivity index (χ0n) is 23.8. The van der Waals surface area contributed by atoms with E-state index in [1.807, 2.05) is 48.9 Å². The molecule has 1 aliphatic rings. The summed E-state index contributed by atoms with van der Waals surface area (Å²) in [4.78, 5) is 28.8. The quantitative estimate of drug-likeness (QED) is 0.282. The summed E-state index contributed by atoms with van der Waals surface area (Å²) in [5, 5.41) is 8.13. The largest absolute Gasteiger partial charge is 0.352 e. The number of nitrogens with one attached hydrogen (secondary N) is 1. The number of anilines is 1. The summed E-state index contributed by atoms with van der Waals surface area (Å²) in [6.07, 6.45) is 0.814. The van der Waals surface area contributed by atoms with E-state index in [0.29, 0.717) is 5.82 Å². The fourth-order valence-electron chi connectivity index (χ4n) is 5.12. The van der Waals surface area contributed by atoms with E-state index in [2.05, 4.69) is 68.6 Å². The first kappa shape index (κ1) is 27.7. The molecule has 1 aliphatic heterocycles. The molecule has 2 heterocycles. The zero-order chi connectivity index (χ0) is 28.4. The lowest BCUT2D eigenvalue weighted by Gasteiger charge is -2.24. The third-order valence-electron chi connectivity index (χ3n) is 7.61. The van der Waals surface area contributed by atoms with Crippen LogP contribution >= 0.6 is 11.8 Å². The second kappa shape index (κ2) is 11.7. The number of benzene rings is 3. The SMILES string of the molecule is CCC(C)NC(=O)CN1C(=O)CSC(c2cccc(C)c2)c2c(-c3ccccc3)nn(-c3cccc(C)c3C)c21. The van der Waals surface area contributed by atoms with Crippen LogP contribution in [0.15, 0.2) is 72.8 Å². The number of carbonyl (C=O) groups is 2. The normalized spacial score (nSPS) is 15.9. The van der Waals surface area contributed by atoms with Crippen molar-refractivity contribution in [3.8, 4) is 16.9 Å². The van der Waals surface area contributed by atoms with Crippen molar-refractivity contribution >= 4 is 29.4 Å². The highest BCUT2D eigenvalue weighted by Crippen LogP contribution is 2.48. The summed E-state index contributed by atoms with van der Waals surface area (Å²) < 4.78 is 1.89. The highest BCUT2D eigenvalue weighted by molar-refractivity contribution is 8.00. The topological polar surface area (TPSA) is 67.2 Å². The molecule has 0 fully saturated rings. The molecule has 1 N–H and O–H groups in total. The standard InChI is InChI=1S/C33H36N4O2S/c1-6-23(4)34-28(38)19-36-29(39)20-40-32(26-16-10-12-21(2)18-26)30-31(25-14-8-7-9-15-25)35-37(33(30)36)27-17-11-13-22(3)24(27)5/h7-18,23,32H,6,19-20H2,1-5H3,(H,34,38). The molecule has 0 radical (unpaired) electrons. The van der Waals surface area contributed by atoms with Gasteiger partial charge in [0, 0.05) is 17.2 Å². The smallest absolute Gasteiger partial charge is 0.240 e. The Morgan fingerprint density at radius 1 is 1.05 bits per heavy atom. The van der Waals surface area contributed by atoms with Gasteiger partial charge < -0.3 is 5.32 Å². The minimum Gasteiger partial charge on any atom is -0.352 e. The second-order valence-electron chi connectivity index (χ2n) is 10.5. The highest BCUT2D eigenvalue weighted by Gasteiger charge is 2.38. The summed E-state index contributed by atoms with van der Waals surface area (Å²) in [6, 6.07) is 24.7. The predicted molar refractivity (Wildman–Crippen MR) is 164 cm³/mol. The number of aryl methyl sites for hydroxylation is 2. The average Bonchev–Trinajstić information content (AvgIpc) is 3.27. The van der Waals surface area contributed by atoms with E-state index >= 15 is 0 Å². The van der Waals surface area contributed by atoms with Crippen LogP contribution in [-0.2, 0) is 9.59 Å². The van der Waals surface area contributed by atoms with E-state index < -0.39 is 0 Å². The first-order chi connectivity index (χ1) is 19.3. The minimum atomic E-state index is -0.178. The Balaban J connectivity index is 1.81. The molecule has 7 heteroatoms. The summed E-state index contributed by atoms with van der Waals surface area (Å²) >= 11 is 1.59. The number of aromatic nitrogens is 2. The van der Waals surface area contributed by atoms with Gasteiger partial charge in [-0.25, -0.2) is 4.68 Å².